The second-order valence-electron chi connectivity index (χ2n) is 5.23. The van der Waals surface area contributed by atoms with E-state index < -0.39 is 0 Å². The average Bonchev–Trinajstić information content (AvgIpc) is 2.58. The Morgan fingerprint density at radius 3 is 2.59 bits per heavy atom. The van der Waals surface area contributed by atoms with Crippen LogP contribution in [-0.2, 0) is 6.54 Å². The third-order valence-corrected chi connectivity index (χ3v) is 3.41. The van der Waals surface area contributed by atoms with Crippen LogP contribution in [0.5, 0.6) is 0 Å². The van der Waals surface area contributed by atoms with Crippen LogP contribution in [-0.4, -0.2) is 17.4 Å². The number of benzene rings is 1. The van der Waals surface area contributed by atoms with Crippen molar-refractivity contribution in [2.45, 2.75) is 32.7 Å². The predicted octanol–water partition coefficient (Wildman–Crippen LogP) is 3.61. The van der Waals surface area contributed by atoms with E-state index in [2.05, 4.69) is 22.5 Å². The van der Waals surface area contributed by atoms with Gasteiger partial charge in [-0.1, -0.05) is 50.1 Å². The molecule has 1 aromatic heterocycles. The fourth-order valence-electron chi connectivity index (χ4n) is 2.10. The molecule has 0 saturated heterocycles. The molecule has 0 aliphatic rings. The largest absolute Gasteiger partial charge is 0.370 e. The Balaban J connectivity index is 1.80. The smallest absolute Gasteiger partial charge is 0.253 e. The Morgan fingerprint density at radius 2 is 1.91 bits per heavy atom. The van der Waals surface area contributed by atoms with Gasteiger partial charge in [0.25, 0.3) is 5.91 Å². The molecule has 4 nitrogen and oxygen atoms in total. The van der Waals surface area contributed by atoms with E-state index in [0.717, 1.165) is 24.3 Å². The second kappa shape index (κ2) is 8.82. The molecule has 0 aliphatic carbocycles. The zero-order chi connectivity index (χ0) is 15.6. The van der Waals surface area contributed by atoms with Crippen molar-refractivity contribution >= 4 is 11.7 Å². The van der Waals surface area contributed by atoms with Crippen LogP contribution in [0, 0.1) is 0 Å². The lowest BCUT2D eigenvalue weighted by atomic mass is 10.2. The molecule has 116 valence electrons. The number of rotatable bonds is 8. The molecule has 2 aromatic rings. The van der Waals surface area contributed by atoms with Gasteiger partial charge >= 0.3 is 0 Å². The van der Waals surface area contributed by atoms with Gasteiger partial charge in [-0.25, -0.2) is 4.98 Å². The first-order valence-corrected chi connectivity index (χ1v) is 7.81. The summed E-state index contributed by atoms with van der Waals surface area (Å²) in [5.74, 6) is 0.713. The molecule has 0 aliphatic heterocycles. The van der Waals surface area contributed by atoms with Crippen molar-refractivity contribution in [3.63, 3.8) is 0 Å². The van der Waals surface area contributed by atoms with Gasteiger partial charge in [0.2, 0.25) is 0 Å². The first-order valence-electron chi connectivity index (χ1n) is 7.81. The molecule has 2 N–H and O–H groups in total. The van der Waals surface area contributed by atoms with Crippen LogP contribution in [0.4, 0.5) is 5.82 Å². The maximum absolute atomic E-state index is 12.1. The van der Waals surface area contributed by atoms with Crippen molar-refractivity contribution in [1.29, 1.82) is 0 Å². The molecule has 1 aromatic carbocycles. The highest BCUT2D eigenvalue weighted by molar-refractivity contribution is 5.93. The summed E-state index contributed by atoms with van der Waals surface area (Å²) in [5.41, 5.74) is 1.66. The maximum atomic E-state index is 12.1. The third kappa shape index (κ3) is 5.20. The Labute approximate surface area is 132 Å². The number of carbonyl (C=O) groups is 1. The van der Waals surface area contributed by atoms with Crippen molar-refractivity contribution in [3.8, 4) is 0 Å². The van der Waals surface area contributed by atoms with Crippen molar-refractivity contribution in [2.24, 2.45) is 0 Å². The number of anilines is 1. The lowest BCUT2D eigenvalue weighted by Gasteiger charge is -2.07. The molecule has 2 rings (SSSR count). The summed E-state index contributed by atoms with van der Waals surface area (Å²) in [7, 11) is 0. The van der Waals surface area contributed by atoms with E-state index in [9.17, 15) is 4.79 Å². The van der Waals surface area contributed by atoms with E-state index in [0.29, 0.717) is 12.1 Å². The number of pyridine rings is 1. The predicted molar refractivity (Wildman–Crippen MR) is 89.9 cm³/mol. The molecular formula is C18H23N3O. The lowest BCUT2D eigenvalue weighted by molar-refractivity contribution is 0.0950. The molecular weight excluding hydrogens is 274 g/mol. The van der Waals surface area contributed by atoms with Crippen LogP contribution in [0.1, 0.15) is 42.1 Å². The van der Waals surface area contributed by atoms with E-state index >= 15 is 0 Å². The molecule has 0 bridgehead atoms. The van der Waals surface area contributed by atoms with E-state index in [-0.39, 0.29) is 5.91 Å². The number of nitrogens with zero attached hydrogens (tertiary/aromatic N) is 1. The molecule has 22 heavy (non-hydrogen) atoms. The monoisotopic (exact) mass is 297 g/mol. The van der Waals surface area contributed by atoms with Crippen LogP contribution in [0.3, 0.4) is 0 Å². The highest BCUT2D eigenvalue weighted by Gasteiger charge is 2.05. The van der Waals surface area contributed by atoms with Gasteiger partial charge in [0.15, 0.2) is 0 Å². The molecule has 0 saturated carbocycles. The van der Waals surface area contributed by atoms with Gasteiger partial charge in [0, 0.05) is 19.3 Å². The zero-order valence-electron chi connectivity index (χ0n) is 13.0. The average molecular weight is 297 g/mol. The molecule has 1 heterocycles. The van der Waals surface area contributed by atoms with Crippen LogP contribution < -0.4 is 10.6 Å². The van der Waals surface area contributed by atoms with Crippen molar-refractivity contribution < 1.29 is 4.79 Å². The minimum atomic E-state index is -0.103. The number of amides is 1. The fourth-order valence-corrected chi connectivity index (χ4v) is 2.10. The van der Waals surface area contributed by atoms with E-state index in [1.807, 2.05) is 36.4 Å². The minimum Gasteiger partial charge on any atom is -0.370 e. The van der Waals surface area contributed by atoms with E-state index in [1.165, 1.54) is 12.8 Å². The number of nitrogens with one attached hydrogen (secondary N) is 2. The number of carbonyl (C=O) groups excluding carboxylic acids is 1. The van der Waals surface area contributed by atoms with E-state index in [1.54, 1.807) is 12.3 Å². The first kappa shape index (κ1) is 16.0. The first-order chi connectivity index (χ1) is 10.8. The van der Waals surface area contributed by atoms with Crippen LogP contribution in [0.15, 0.2) is 48.7 Å². The number of unbranched alkanes of at least 4 members (excludes halogenated alkanes) is 2. The third-order valence-electron chi connectivity index (χ3n) is 3.41. The summed E-state index contributed by atoms with van der Waals surface area (Å²) in [6.07, 6.45) is 5.17. The highest BCUT2D eigenvalue weighted by atomic mass is 16.1. The van der Waals surface area contributed by atoms with Gasteiger partial charge in [0.1, 0.15) is 5.82 Å². The number of hydrogen-bond donors (Lipinski definition) is 2. The van der Waals surface area contributed by atoms with Gasteiger partial charge in [-0.2, -0.15) is 0 Å². The molecule has 0 fully saturated rings. The highest BCUT2D eigenvalue weighted by Crippen LogP contribution is 2.06. The second-order valence-corrected chi connectivity index (χ2v) is 5.23. The summed E-state index contributed by atoms with van der Waals surface area (Å²) in [6, 6.07) is 13.5. The van der Waals surface area contributed by atoms with Crippen LogP contribution >= 0.6 is 0 Å². The normalized spacial score (nSPS) is 10.2. The van der Waals surface area contributed by atoms with Gasteiger partial charge in [-0.3, -0.25) is 4.79 Å². The standard InChI is InChI=1S/C18H23N3O/c1-2-3-7-12-19-17-11-10-16(14-20-17)18(22)21-13-15-8-5-4-6-9-15/h4-6,8-11,14H,2-3,7,12-13H2,1H3,(H,19,20)(H,21,22). The maximum Gasteiger partial charge on any atom is 0.253 e. The number of hydrogen-bond acceptors (Lipinski definition) is 3. The van der Waals surface area contributed by atoms with Gasteiger partial charge in [-0.15, -0.1) is 0 Å². The summed E-state index contributed by atoms with van der Waals surface area (Å²) in [6.45, 7) is 3.62. The summed E-state index contributed by atoms with van der Waals surface area (Å²) >= 11 is 0. The quantitative estimate of drug-likeness (QED) is 0.732. The van der Waals surface area contributed by atoms with Crippen molar-refractivity contribution in [1.82, 2.24) is 10.3 Å². The Bertz CT molecular complexity index is 567. The fraction of sp³-hybridized carbons (Fsp3) is 0.333. The molecule has 1 amide bonds. The van der Waals surface area contributed by atoms with Gasteiger partial charge in [0.05, 0.1) is 5.56 Å². The molecule has 0 radical (unpaired) electrons. The molecule has 4 heteroatoms. The SMILES string of the molecule is CCCCCNc1ccc(C(=O)NCc2ccccc2)cn1. The number of aromatic nitrogens is 1. The van der Waals surface area contributed by atoms with Gasteiger partial charge < -0.3 is 10.6 Å². The van der Waals surface area contributed by atoms with E-state index in [4.69, 9.17) is 0 Å². The summed E-state index contributed by atoms with van der Waals surface area (Å²) in [4.78, 5) is 16.3. The Morgan fingerprint density at radius 1 is 1.09 bits per heavy atom. The minimum absolute atomic E-state index is 0.103. The van der Waals surface area contributed by atoms with Crippen LogP contribution in [0.2, 0.25) is 0 Å². The molecule has 0 unspecified atom stereocenters. The van der Waals surface area contributed by atoms with Crippen molar-refractivity contribution in [3.05, 3.63) is 59.8 Å². The van der Waals surface area contributed by atoms with Gasteiger partial charge in [-0.05, 0) is 24.1 Å². The van der Waals surface area contributed by atoms with Crippen molar-refractivity contribution in [2.75, 3.05) is 11.9 Å². The summed E-state index contributed by atoms with van der Waals surface area (Å²) in [5, 5.41) is 6.16. The zero-order valence-corrected chi connectivity index (χ0v) is 13.0. The Hall–Kier alpha value is -2.36. The Kier molecular flexibility index (Phi) is 6.42. The topological polar surface area (TPSA) is 54.0 Å². The summed E-state index contributed by atoms with van der Waals surface area (Å²) < 4.78 is 0. The molecule has 0 spiro atoms. The van der Waals surface area contributed by atoms with Crippen LogP contribution in [0.25, 0.3) is 0 Å². The lowest BCUT2D eigenvalue weighted by Crippen LogP contribution is -2.22. The molecule has 0 atom stereocenters.